The Kier molecular flexibility index (Phi) is 5.57. The smallest absolute Gasteiger partial charge is 0.338 e. The molecule has 3 nitrogen and oxygen atoms in total. The van der Waals surface area contributed by atoms with Crippen LogP contribution in [0.4, 0.5) is 0 Å². The SMILES string of the molecule is Cc1cc(C)c([PH](=O)CCOC(=O)c2ccccc2)c(C)c1. The molecular formula is C18H21O3P. The van der Waals surface area contributed by atoms with Gasteiger partial charge in [0.1, 0.15) is 7.80 Å². The summed E-state index contributed by atoms with van der Waals surface area (Å²) >= 11 is 0. The number of benzene rings is 2. The van der Waals surface area contributed by atoms with E-state index in [-0.39, 0.29) is 12.6 Å². The number of hydrogen-bond acceptors (Lipinski definition) is 3. The molecule has 0 radical (unpaired) electrons. The van der Waals surface area contributed by atoms with Crippen molar-refractivity contribution < 1.29 is 14.1 Å². The average molecular weight is 316 g/mol. The quantitative estimate of drug-likeness (QED) is 0.624. The summed E-state index contributed by atoms with van der Waals surface area (Å²) in [4.78, 5) is 11.8. The van der Waals surface area contributed by atoms with Crippen LogP contribution < -0.4 is 5.30 Å². The molecule has 0 N–H and O–H groups in total. The van der Waals surface area contributed by atoms with Crippen molar-refractivity contribution in [2.45, 2.75) is 20.8 Å². The standard InChI is InChI=1S/C18H21O3P/c1-13-11-14(2)17(15(3)12-13)22(20)10-9-21-18(19)16-7-5-4-6-8-16/h4-8,11-12,22H,9-10H2,1-3H3. The molecule has 22 heavy (non-hydrogen) atoms. The minimum absolute atomic E-state index is 0.179. The monoisotopic (exact) mass is 316 g/mol. The molecule has 0 spiro atoms. The normalized spacial score (nSPS) is 12.0. The highest BCUT2D eigenvalue weighted by atomic mass is 31.1. The maximum atomic E-state index is 12.5. The lowest BCUT2D eigenvalue weighted by molar-refractivity contribution is 0.0529. The highest BCUT2D eigenvalue weighted by Gasteiger charge is 2.12. The number of carbonyl (C=O) groups excluding carboxylic acids is 1. The molecule has 0 saturated carbocycles. The maximum Gasteiger partial charge on any atom is 0.338 e. The molecule has 0 bridgehead atoms. The van der Waals surface area contributed by atoms with Gasteiger partial charge in [0.25, 0.3) is 0 Å². The number of ether oxygens (including phenoxy) is 1. The molecule has 0 aliphatic rings. The third-order valence-corrected chi connectivity index (χ3v) is 5.53. The molecule has 0 fully saturated rings. The van der Waals surface area contributed by atoms with Crippen LogP contribution >= 0.6 is 7.80 Å². The summed E-state index contributed by atoms with van der Waals surface area (Å²) < 4.78 is 17.7. The summed E-state index contributed by atoms with van der Waals surface area (Å²) in [7, 11) is -1.95. The predicted molar refractivity (Wildman–Crippen MR) is 90.9 cm³/mol. The Hall–Kier alpha value is -1.86. The van der Waals surface area contributed by atoms with Crippen LogP contribution in [0.3, 0.4) is 0 Å². The van der Waals surface area contributed by atoms with Crippen molar-refractivity contribution in [1.82, 2.24) is 0 Å². The molecule has 1 atom stereocenters. The zero-order chi connectivity index (χ0) is 16.1. The van der Waals surface area contributed by atoms with E-state index in [9.17, 15) is 9.36 Å². The fourth-order valence-electron chi connectivity index (χ4n) is 2.64. The first kappa shape index (κ1) is 16.5. The van der Waals surface area contributed by atoms with E-state index in [2.05, 4.69) is 0 Å². The van der Waals surface area contributed by atoms with Crippen LogP contribution in [0.5, 0.6) is 0 Å². The van der Waals surface area contributed by atoms with Crippen LogP contribution in [0.15, 0.2) is 42.5 Å². The molecule has 0 amide bonds. The van der Waals surface area contributed by atoms with Crippen molar-refractivity contribution in [3.05, 3.63) is 64.7 Å². The van der Waals surface area contributed by atoms with Crippen molar-refractivity contribution in [2.24, 2.45) is 0 Å². The maximum absolute atomic E-state index is 12.5. The molecule has 0 heterocycles. The van der Waals surface area contributed by atoms with Gasteiger partial charge in [0, 0.05) is 11.5 Å². The first-order valence-corrected chi connectivity index (χ1v) is 8.94. The fourth-order valence-corrected chi connectivity index (χ4v) is 4.20. The Bertz CT molecular complexity index is 670. The second-order valence-corrected chi connectivity index (χ2v) is 7.30. The Morgan fingerprint density at radius 2 is 1.64 bits per heavy atom. The molecule has 0 saturated heterocycles. The number of hydrogen-bond donors (Lipinski definition) is 0. The van der Waals surface area contributed by atoms with E-state index < -0.39 is 7.80 Å². The molecule has 0 aliphatic heterocycles. The molecule has 4 heteroatoms. The van der Waals surface area contributed by atoms with Gasteiger partial charge in [-0.3, -0.25) is 0 Å². The average Bonchev–Trinajstić information content (AvgIpc) is 2.47. The Morgan fingerprint density at radius 3 is 2.23 bits per heavy atom. The first-order chi connectivity index (χ1) is 10.5. The lowest BCUT2D eigenvalue weighted by Crippen LogP contribution is -2.13. The molecule has 1 unspecified atom stereocenters. The fraction of sp³-hybridized carbons (Fsp3) is 0.278. The van der Waals surface area contributed by atoms with Crippen LogP contribution in [0.1, 0.15) is 27.0 Å². The van der Waals surface area contributed by atoms with Crippen molar-refractivity contribution in [3.8, 4) is 0 Å². The van der Waals surface area contributed by atoms with E-state index in [1.807, 2.05) is 39.0 Å². The predicted octanol–water partition coefficient (Wildman–Crippen LogP) is 3.65. The lowest BCUT2D eigenvalue weighted by atomic mass is 10.1. The Balaban J connectivity index is 1.95. The third kappa shape index (κ3) is 4.08. The minimum atomic E-state index is -1.95. The molecular weight excluding hydrogens is 295 g/mol. The molecule has 2 aromatic carbocycles. The minimum Gasteiger partial charge on any atom is -0.462 e. The summed E-state index contributed by atoms with van der Waals surface area (Å²) in [5.41, 5.74) is 3.79. The van der Waals surface area contributed by atoms with Gasteiger partial charge in [-0.2, -0.15) is 0 Å². The van der Waals surface area contributed by atoms with E-state index in [4.69, 9.17) is 4.74 Å². The van der Waals surface area contributed by atoms with Crippen LogP contribution in [0.25, 0.3) is 0 Å². The summed E-state index contributed by atoms with van der Waals surface area (Å²) in [6.07, 6.45) is 0.383. The molecule has 0 aliphatic carbocycles. The van der Waals surface area contributed by atoms with Crippen LogP contribution in [-0.4, -0.2) is 18.7 Å². The number of carbonyl (C=O) groups is 1. The van der Waals surface area contributed by atoms with Crippen molar-refractivity contribution in [3.63, 3.8) is 0 Å². The van der Waals surface area contributed by atoms with E-state index in [1.165, 1.54) is 5.56 Å². The van der Waals surface area contributed by atoms with Gasteiger partial charge in [-0.05, 0) is 44.0 Å². The van der Waals surface area contributed by atoms with E-state index in [1.54, 1.807) is 24.3 Å². The second-order valence-electron chi connectivity index (χ2n) is 5.45. The summed E-state index contributed by atoms with van der Waals surface area (Å²) in [6.45, 7) is 6.17. The zero-order valence-electron chi connectivity index (χ0n) is 13.2. The van der Waals surface area contributed by atoms with Gasteiger partial charge in [0.2, 0.25) is 0 Å². The highest BCUT2D eigenvalue weighted by molar-refractivity contribution is 7.53. The Morgan fingerprint density at radius 1 is 1.05 bits per heavy atom. The third-order valence-electron chi connectivity index (χ3n) is 3.53. The number of aryl methyl sites for hydroxylation is 3. The van der Waals surface area contributed by atoms with Gasteiger partial charge in [-0.25, -0.2) is 4.79 Å². The van der Waals surface area contributed by atoms with Gasteiger partial charge in [-0.1, -0.05) is 35.9 Å². The van der Waals surface area contributed by atoms with E-state index in [0.29, 0.717) is 11.7 Å². The molecule has 116 valence electrons. The van der Waals surface area contributed by atoms with Crippen molar-refractivity contribution in [1.29, 1.82) is 0 Å². The number of rotatable bonds is 5. The van der Waals surface area contributed by atoms with Gasteiger partial charge in [0.05, 0.1) is 12.2 Å². The number of esters is 1. The van der Waals surface area contributed by atoms with E-state index >= 15 is 0 Å². The lowest BCUT2D eigenvalue weighted by Gasteiger charge is -2.11. The summed E-state index contributed by atoms with van der Waals surface area (Å²) in [5, 5.41) is 0.923. The van der Waals surface area contributed by atoms with Gasteiger partial charge >= 0.3 is 5.97 Å². The van der Waals surface area contributed by atoms with E-state index in [0.717, 1.165) is 16.4 Å². The zero-order valence-corrected chi connectivity index (χ0v) is 14.2. The Labute approximate surface area is 132 Å². The first-order valence-electron chi connectivity index (χ1n) is 7.32. The highest BCUT2D eigenvalue weighted by Crippen LogP contribution is 2.25. The largest absolute Gasteiger partial charge is 0.462 e. The summed E-state index contributed by atoms with van der Waals surface area (Å²) in [5.74, 6) is -0.368. The van der Waals surface area contributed by atoms with Gasteiger partial charge < -0.3 is 9.30 Å². The molecule has 2 aromatic rings. The molecule has 0 aromatic heterocycles. The van der Waals surface area contributed by atoms with Crippen LogP contribution in [0, 0.1) is 20.8 Å². The van der Waals surface area contributed by atoms with Gasteiger partial charge in [-0.15, -0.1) is 0 Å². The topological polar surface area (TPSA) is 43.4 Å². The van der Waals surface area contributed by atoms with Crippen LogP contribution in [0.2, 0.25) is 0 Å². The van der Waals surface area contributed by atoms with Crippen molar-refractivity contribution in [2.75, 3.05) is 12.8 Å². The van der Waals surface area contributed by atoms with Gasteiger partial charge in [0.15, 0.2) is 0 Å². The van der Waals surface area contributed by atoms with Crippen molar-refractivity contribution >= 4 is 19.1 Å². The summed E-state index contributed by atoms with van der Waals surface area (Å²) in [6, 6.07) is 12.9. The van der Waals surface area contributed by atoms with Crippen LogP contribution in [-0.2, 0) is 9.30 Å². The molecule has 2 rings (SSSR count). The second kappa shape index (κ2) is 7.42.